The van der Waals surface area contributed by atoms with Crippen molar-refractivity contribution >= 4 is 27.1 Å². The number of rotatable bonds is 3. The fourth-order valence-corrected chi connectivity index (χ4v) is 3.50. The second kappa shape index (κ2) is 5.23. The van der Waals surface area contributed by atoms with Gasteiger partial charge in [-0.25, -0.2) is 8.42 Å². The summed E-state index contributed by atoms with van der Waals surface area (Å²) in [5.74, 6) is 0. The number of hydrogen-bond donors (Lipinski definition) is 1. The first-order valence-corrected chi connectivity index (χ1v) is 7.69. The Morgan fingerprint density at radius 1 is 1.11 bits per heavy atom. The molecule has 0 radical (unpaired) electrons. The van der Waals surface area contributed by atoms with Gasteiger partial charge in [0.2, 0.25) is 0 Å². The van der Waals surface area contributed by atoms with Gasteiger partial charge in [-0.3, -0.25) is 0 Å². The molecule has 2 aromatic carbocycles. The second-order valence-electron chi connectivity index (χ2n) is 4.28. The van der Waals surface area contributed by atoms with Crippen LogP contribution in [0.25, 0.3) is 0 Å². The van der Waals surface area contributed by atoms with Gasteiger partial charge in [-0.15, -0.1) is 0 Å². The fraction of sp³-hybridized carbons (Fsp3) is 0.143. The van der Waals surface area contributed by atoms with Crippen molar-refractivity contribution < 1.29 is 8.42 Å². The molecular weight excluding hydrogens is 282 g/mol. The molecule has 0 aliphatic rings. The lowest BCUT2D eigenvalue weighted by Gasteiger charge is -2.14. The molecule has 0 bridgehead atoms. The largest absolute Gasteiger partial charge is 0.398 e. The summed E-state index contributed by atoms with van der Waals surface area (Å²) in [6.07, 6.45) is 0. The Hall–Kier alpha value is -1.52. The maximum atomic E-state index is 12.5. The minimum Gasteiger partial charge on any atom is -0.398 e. The van der Waals surface area contributed by atoms with Crippen molar-refractivity contribution in [3.05, 3.63) is 59.1 Å². The second-order valence-corrected chi connectivity index (χ2v) is 6.96. The van der Waals surface area contributed by atoms with Crippen LogP contribution in [0, 0.1) is 0 Å². The first kappa shape index (κ1) is 13.9. The van der Waals surface area contributed by atoms with Crippen LogP contribution in [0.15, 0.2) is 53.4 Å². The Bertz CT molecular complexity index is 684. The van der Waals surface area contributed by atoms with Crippen LogP contribution in [0.3, 0.4) is 0 Å². The van der Waals surface area contributed by atoms with Gasteiger partial charge in [0.25, 0.3) is 0 Å². The van der Waals surface area contributed by atoms with E-state index < -0.39 is 15.1 Å². The van der Waals surface area contributed by atoms with Crippen molar-refractivity contribution in [1.82, 2.24) is 0 Å². The molecule has 0 saturated heterocycles. The molecule has 1 atom stereocenters. The molecule has 1 unspecified atom stereocenters. The number of sulfone groups is 1. The van der Waals surface area contributed by atoms with Crippen LogP contribution in [0.5, 0.6) is 0 Å². The number of anilines is 1. The highest BCUT2D eigenvalue weighted by molar-refractivity contribution is 7.91. The SMILES string of the molecule is CC(c1ccccc1)S(=O)(=O)c1ccc(N)c(Cl)c1. The van der Waals surface area contributed by atoms with Crippen molar-refractivity contribution in [1.29, 1.82) is 0 Å². The normalized spacial score (nSPS) is 13.2. The average molecular weight is 296 g/mol. The molecule has 2 rings (SSSR count). The number of benzene rings is 2. The van der Waals surface area contributed by atoms with Crippen LogP contribution in [0.4, 0.5) is 5.69 Å². The fourth-order valence-electron chi connectivity index (χ4n) is 1.79. The Morgan fingerprint density at radius 2 is 1.74 bits per heavy atom. The van der Waals surface area contributed by atoms with E-state index in [1.807, 2.05) is 18.2 Å². The molecule has 100 valence electrons. The highest BCUT2D eigenvalue weighted by Crippen LogP contribution is 2.31. The smallest absolute Gasteiger partial charge is 0.185 e. The van der Waals surface area contributed by atoms with Gasteiger partial charge >= 0.3 is 0 Å². The van der Waals surface area contributed by atoms with Crippen LogP contribution in [-0.4, -0.2) is 8.42 Å². The molecule has 2 aromatic rings. The Kier molecular flexibility index (Phi) is 3.83. The van der Waals surface area contributed by atoms with Crippen molar-refractivity contribution in [3.8, 4) is 0 Å². The lowest BCUT2D eigenvalue weighted by molar-refractivity contribution is 0.586. The Balaban J connectivity index is 2.45. The van der Waals surface area contributed by atoms with E-state index in [1.165, 1.54) is 18.2 Å². The lowest BCUT2D eigenvalue weighted by Crippen LogP contribution is -2.10. The lowest BCUT2D eigenvalue weighted by atomic mass is 10.2. The van der Waals surface area contributed by atoms with E-state index in [-0.39, 0.29) is 9.92 Å². The van der Waals surface area contributed by atoms with Crippen LogP contribution >= 0.6 is 11.6 Å². The molecule has 0 aromatic heterocycles. The summed E-state index contributed by atoms with van der Waals surface area (Å²) < 4.78 is 25.0. The highest BCUT2D eigenvalue weighted by Gasteiger charge is 2.25. The average Bonchev–Trinajstić information content (AvgIpc) is 2.41. The molecule has 3 nitrogen and oxygen atoms in total. The standard InChI is InChI=1S/C14H14ClNO2S/c1-10(11-5-3-2-4-6-11)19(17,18)12-7-8-14(16)13(15)9-12/h2-10H,16H2,1H3. The molecule has 0 heterocycles. The third-order valence-electron chi connectivity index (χ3n) is 3.03. The third-order valence-corrected chi connectivity index (χ3v) is 5.48. The number of hydrogen-bond acceptors (Lipinski definition) is 3. The summed E-state index contributed by atoms with van der Waals surface area (Å²) in [5, 5.41) is -0.380. The summed E-state index contributed by atoms with van der Waals surface area (Å²) in [6.45, 7) is 1.66. The molecule has 5 heteroatoms. The summed E-state index contributed by atoms with van der Waals surface area (Å²) in [5.41, 5.74) is 6.71. The van der Waals surface area contributed by atoms with Crippen LogP contribution < -0.4 is 5.73 Å². The van der Waals surface area contributed by atoms with Crippen molar-refractivity contribution in [2.45, 2.75) is 17.1 Å². The zero-order valence-electron chi connectivity index (χ0n) is 10.4. The molecular formula is C14H14ClNO2S. The number of nitrogen functional groups attached to an aromatic ring is 1. The van der Waals surface area contributed by atoms with Crippen molar-refractivity contribution in [2.75, 3.05) is 5.73 Å². The summed E-state index contributed by atoms with van der Waals surface area (Å²) >= 11 is 5.88. The van der Waals surface area contributed by atoms with Crippen molar-refractivity contribution in [2.24, 2.45) is 0 Å². The van der Waals surface area contributed by atoms with E-state index in [4.69, 9.17) is 17.3 Å². The molecule has 0 saturated carbocycles. The topological polar surface area (TPSA) is 60.2 Å². The predicted molar refractivity (Wildman–Crippen MR) is 77.9 cm³/mol. The first-order valence-electron chi connectivity index (χ1n) is 5.77. The molecule has 0 spiro atoms. The number of nitrogens with two attached hydrogens (primary N) is 1. The highest BCUT2D eigenvalue weighted by atomic mass is 35.5. The quantitative estimate of drug-likeness (QED) is 0.882. The minimum atomic E-state index is -3.47. The van der Waals surface area contributed by atoms with Gasteiger partial charge in [-0.1, -0.05) is 41.9 Å². The van der Waals surface area contributed by atoms with E-state index in [0.717, 1.165) is 5.56 Å². The molecule has 0 aliphatic heterocycles. The van der Waals surface area contributed by atoms with Gasteiger partial charge < -0.3 is 5.73 Å². The van der Waals surface area contributed by atoms with Gasteiger partial charge in [-0.05, 0) is 30.7 Å². The molecule has 19 heavy (non-hydrogen) atoms. The molecule has 0 aliphatic carbocycles. The van der Waals surface area contributed by atoms with E-state index in [0.29, 0.717) is 5.69 Å². The van der Waals surface area contributed by atoms with Gasteiger partial charge in [0.05, 0.1) is 20.9 Å². The predicted octanol–water partition coefficient (Wildman–Crippen LogP) is 3.46. The summed E-state index contributed by atoms with van der Waals surface area (Å²) in [6, 6.07) is 13.5. The maximum Gasteiger partial charge on any atom is 0.185 e. The Labute approximate surface area is 117 Å². The van der Waals surface area contributed by atoms with E-state index >= 15 is 0 Å². The van der Waals surface area contributed by atoms with E-state index in [1.54, 1.807) is 19.1 Å². The Morgan fingerprint density at radius 3 is 2.32 bits per heavy atom. The third kappa shape index (κ3) is 2.74. The van der Waals surface area contributed by atoms with Gasteiger partial charge in [0, 0.05) is 0 Å². The van der Waals surface area contributed by atoms with Crippen LogP contribution in [-0.2, 0) is 9.84 Å². The zero-order chi connectivity index (χ0) is 14.0. The molecule has 0 amide bonds. The monoisotopic (exact) mass is 295 g/mol. The molecule has 2 N–H and O–H groups in total. The van der Waals surface area contributed by atoms with Crippen LogP contribution in [0.1, 0.15) is 17.7 Å². The van der Waals surface area contributed by atoms with Crippen molar-refractivity contribution in [3.63, 3.8) is 0 Å². The summed E-state index contributed by atoms with van der Waals surface area (Å²) in [7, 11) is -3.47. The van der Waals surface area contributed by atoms with Gasteiger partial charge in [-0.2, -0.15) is 0 Å². The van der Waals surface area contributed by atoms with Gasteiger partial charge in [0.15, 0.2) is 9.84 Å². The maximum absolute atomic E-state index is 12.5. The van der Waals surface area contributed by atoms with Gasteiger partial charge in [0.1, 0.15) is 0 Å². The minimum absolute atomic E-state index is 0.183. The number of halogens is 1. The van der Waals surface area contributed by atoms with E-state index in [2.05, 4.69) is 0 Å². The van der Waals surface area contributed by atoms with Crippen LogP contribution in [0.2, 0.25) is 5.02 Å². The zero-order valence-corrected chi connectivity index (χ0v) is 11.9. The first-order chi connectivity index (χ1) is 8.93. The summed E-state index contributed by atoms with van der Waals surface area (Å²) in [4.78, 5) is 0.183. The van der Waals surface area contributed by atoms with E-state index in [9.17, 15) is 8.42 Å². The molecule has 0 fully saturated rings.